The number of amides is 3. The lowest BCUT2D eigenvalue weighted by Gasteiger charge is -2.58. The van der Waals surface area contributed by atoms with Crippen LogP contribution in [0, 0.1) is 17.7 Å². The second-order valence-electron chi connectivity index (χ2n) is 11.4. The standard InChI is InChI=1S/C26H30F3N7O5/c1-14-9-15(5-8-32-14)10-34-19(37)17(18(30)31)20(38)36(23(34)41)16-3-6-24(7-4-16)11-25(12-24)21(39)33(2)22(40)35(25)13-26(27,28)29/h5,8-9,16,37H,3-4,6-7,10-13H2,1-2H3,(H3,30,31). The molecular formula is C26H30F3N7O5. The zero-order valence-corrected chi connectivity index (χ0v) is 22.5. The van der Waals surface area contributed by atoms with Crippen molar-refractivity contribution in [3.63, 3.8) is 0 Å². The minimum atomic E-state index is -4.67. The van der Waals surface area contributed by atoms with Crippen LogP contribution in [-0.2, 0) is 11.3 Å². The molecule has 2 aromatic heterocycles. The van der Waals surface area contributed by atoms with Gasteiger partial charge in [0.2, 0.25) is 5.88 Å². The summed E-state index contributed by atoms with van der Waals surface area (Å²) in [5, 5.41) is 18.6. The van der Waals surface area contributed by atoms with Gasteiger partial charge in [0.15, 0.2) is 0 Å². The maximum Gasteiger partial charge on any atom is 0.406 e. The number of aryl methyl sites for hydroxylation is 1. The molecule has 0 atom stereocenters. The third-order valence-electron chi connectivity index (χ3n) is 8.71. The SMILES string of the molecule is Cc1cc(Cn2c(O)c(C(=N)N)c(=O)n(C3CCC4(CC3)CC3(C4)C(=O)N(C)C(=O)N3CC(F)(F)F)c2=O)ccn1. The quantitative estimate of drug-likeness (QED) is 0.277. The number of hydrogen-bond donors (Lipinski definition) is 3. The monoisotopic (exact) mass is 577 g/mol. The van der Waals surface area contributed by atoms with Gasteiger partial charge in [0.1, 0.15) is 23.5 Å². The molecule has 15 heteroatoms. The number of nitrogens with two attached hydrogens (primary N) is 1. The van der Waals surface area contributed by atoms with Crippen LogP contribution in [0.1, 0.15) is 61.4 Å². The van der Waals surface area contributed by atoms with Crippen molar-refractivity contribution in [2.24, 2.45) is 11.1 Å². The number of imide groups is 1. The summed E-state index contributed by atoms with van der Waals surface area (Å²) in [5.41, 5.74) is 2.65. The molecule has 2 aliphatic carbocycles. The topological polar surface area (TPSA) is 168 Å². The number of carbonyl (C=O) groups excluding carboxylic acids is 2. The highest BCUT2D eigenvalue weighted by Crippen LogP contribution is 2.62. The van der Waals surface area contributed by atoms with Crippen LogP contribution >= 0.6 is 0 Å². The van der Waals surface area contributed by atoms with Gasteiger partial charge in [-0.25, -0.2) is 9.59 Å². The highest BCUT2D eigenvalue weighted by Gasteiger charge is 2.69. The van der Waals surface area contributed by atoms with Gasteiger partial charge in [-0.3, -0.25) is 34.0 Å². The van der Waals surface area contributed by atoms with Crippen molar-refractivity contribution in [1.29, 1.82) is 5.41 Å². The van der Waals surface area contributed by atoms with E-state index in [-0.39, 0.29) is 19.4 Å². The van der Waals surface area contributed by atoms with Gasteiger partial charge >= 0.3 is 17.9 Å². The Morgan fingerprint density at radius 1 is 1.20 bits per heavy atom. The lowest BCUT2D eigenvalue weighted by molar-refractivity contribution is -0.173. The second kappa shape index (κ2) is 9.45. The maximum absolute atomic E-state index is 13.6. The summed E-state index contributed by atoms with van der Waals surface area (Å²) in [6.07, 6.45) is -1.63. The van der Waals surface area contributed by atoms with Crippen LogP contribution in [0.15, 0.2) is 27.9 Å². The first-order valence-electron chi connectivity index (χ1n) is 13.1. The third kappa shape index (κ3) is 4.56. The van der Waals surface area contributed by atoms with Crippen LogP contribution in [0.2, 0.25) is 0 Å². The molecular weight excluding hydrogens is 547 g/mol. The van der Waals surface area contributed by atoms with E-state index in [0.29, 0.717) is 41.8 Å². The van der Waals surface area contributed by atoms with Gasteiger partial charge in [0, 0.05) is 25.0 Å². The molecule has 3 aliphatic rings. The lowest BCUT2D eigenvalue weighted by atomic mass is 9.51. The lowest BCUT2D eigenvalue weighted by Crippen LogP contribution is -2.65. The van der Waals surface area contributed by atoms with E-state index in [0.717, 1.165) is 14.0 Å². The fraction of sp³-hybridized carbons (Fsp3) is 0.538. The summed E-state index contributed by atoms with van der Waals surface area (Å²) >= 11 is 0. The van der Waals surface area contributed by atoms with Crippen LogP contribution in [0.4, 0.5) is 18.0 Å². The molecule has 1 aliphatic heterocycles. The summed E-state index contributed by atoms with van der Waals surface area (Å²) < 4.78 is 41.7. The van der Waals surface area contributed by atoms with Gasteiger partial charge in [-0.2, -0.15) is 13.2 Å². The normalized spacial score (nSPS) is 26.2. The molecule has 3 heterocycles. The molecule has 0 bridgehead atoms. The number of likely N-dealkylation sites (N-methyl/N-ethyl adjacent to an activating group) is 1. The molecule has 3 amide bonds. The summed E-state index contributed by atoms with van der Waals surface area (Å²) in [4.78, 5) is 57.7. The smallest absolute Gasteiger partial charge is 0.406 e. The van der Waals surface area contributed by atoms with Crippen LogP contribution in [0.3, 0.4) is 0 Å². The summed E-state index contributed by atoms with van der Waals surface area (Å²) in [6, 6.07) is 1.75. The van der Waals surface area contributed by atoms with Gasteiger partial charge in [-0.15, -0.1) is 0 Å². The first-order chi connectivity index (χ1) is 19.1. The predicted octanol–water partition coefficient (Wildman–Crippen LogP) is 1.84. The van der Waals surface area contributed by atoms with Crippen molar-refractivity contribution in [1.82, 2.24) is 23.9 Å². The number of pyridine rings is 1. The van der Waals surface area contributed by atoms with E-state index in [1.54, 1.807) is 19.1 Å². The average Bonchev–Trinajstić information content (AvgIpc) is 3.03. The Balaban J connectivity index is 1.42. The molecule has 2 saturated carbocycles. The molecule has 2 aromatic rings. The molecule has 0 radical (unpaired) electrons. The molecule has 0 aromatic carbocycles. The number of alkyl halides is 3. The number of hydrogen-bond acceptors (Lipinski definition) is 7. The number of nitrogens with one attached hydrogen (secondary N) is 1. The van der Waals surface area contributed by atoms with Gasteiger partial charge in [0.25, 0.3) is 11.5 Å². The Morgan fingerprint density at radius 3 is 2.39 bits per heavy atom. The van der Waals surface area contributed by atoms with Crippen molar-refractivity contribution < 1.29 is 27.9 Å². The number of urea groups is 1. The number of aromatic nitrogens is 3. The van der Waals surface area contributed by atoms with E-state index >= 15 is 0 Å². The number of amidine groups is 1. The Kier molecular flexibility index (Phi) is 6.54. The molecule has 5 rings (SSSR count). The van der Waals surface area contributed by atoms with E-state index in [1.165, 1.54) is 13.2 Å². The summed E-state index contributed by atoms with van der Waals surface area (Å²) in [7, 11) is 1.17. The fourth-order valence-electron chi connectivity index (χ4n) is 6.88. The number of halogens is 3. The van der Waals surface area contributed by atoms with E-state index < -0.39 is 70.2 Å². The zero-order chi connectivity index (χ0) is 30.1. The summed E-state index contributed by atoms with van der Waals surface area (Å²) in [6.45, 7) is 0.131. The molecule has 12 nitrogen and oxygen atoms in total. The van der Waals surface area contributed by atoms with Crippen LogP contribution in [0.5, 0.6) is 5.88 Å². The fourth-order valence-corrected chi connectivity index (χ4v) is 6.88. The number of nitrogens with zero attached hydrogens (tertiary/aromatic N) is 5. The number of nitrogen functional groups attached to an aromatic ring is 1. The van der Waals surface area contributed by atoms with E-state index in [4.69, 9.17) is 11.1 Å². The van der Waals surface area contributed by atoms with Crippen molar-refractivity contribution >= 4 is 17.8 Å². The van der Waals surface area contributed by atoms with Gasteiger partial charge < -0.3 is 15.7 Å². The Morgan fingerprint density at radius 2 is 1.83 bits per heavy atom. The largest absolute Gasteiger partial charge is 0.494 e. The van der Waals surface area contributed by atoms with Crippen LogP contribution in [-0.4, -0.2) is 72.1 Å². The van der Waals surface area contributed by atoms with Crippen LogP contribution in [0.25, 0.3) is 0 Å². The van der Waals surface area contributed by atoms with Crippen molar-refractivity contribution in [3.8, 4) is 5.88 Å². The maximum atomic E-state index is 13.6. The number of aromatic hydroxyl groups is 1. The zero-order valence-electron chi connectivity index (χ0n) is 22.5. The van der Waals surface area contributed by atoms with Gasteiger partial charge in [-0.1, -0.05) is 0 Å². The molecule has 1 saturated heterocycles. The van der Waals surface area contributed by atoms with Crippen molar-refractivity contribution in [2.45, 2.75) is 69.8 Å². The predicted molar refractivity (Wildman–Crippen MR) is 139 cm³/mol. The minimum absolute atomic E-state index is 0.0620. The Hall–Kier alpha value is -4.17. The second-order valence-corrected chi connectivity index (χ2v) is 11.4. The van der Waals surface area contributed by atoms with Crippen LogP contribution < -0.4 is 17.0 Å². The van der Waals surface area contributed by atoms with E-state index in [2.05, 4.69) is 4.98 Å². The minimum Gasteiger partial charge on any atom is -0.494 e. The highest BCUT2D eigenvalue weighted by molar-refractivity contribution is 6.07. The number of rotatable bonds is 5. The third-order valence-corrected chi connectivity index (χ3v) is 8.71. The van der Waals surface area contributed by atoms with Gasteiger partial charge in [-0.05, 0) is 68.6 Å². The average molecular weight is 578 g/mol. The Labute approximate surface area is 231 Å². The highest BCUT2D eigenvalue weighted by atomic mass is 19.4. The van der Waals surface area contributed by atoms with Crippen molar-refractivity contribution in [3.05, 3.63) is 56.0 Å². The molecule has 4 N–H and O–H groups in total. The summed E-state index contributed by atoms with van der Waals surface area (Å²) in [5.74, 6) is -2.08. The molecule has 220 valence electrons. The van der Waals surface area contributed by atoms with E-state index in [9.17, 15) is 37.5 Å². The van der Waals surface area contributed by atoms with E-state index in [1.807, 2.05) is 0 Å². The van der Waals surface area contributed by atoms with Gasteiger partial charge in [0.05, 0.1) is 6.54 Å². The molecule has 3 fully saturated rings. The first kappa shape index (κ1) is 28.4. The first-order valence-corrected chi connectivity index (χ1v) is 13.1. The molecule has 0 unspecified atom stereocenters. The van der Waals surface area contributed by atoms with Crippen molar-refractivity contribution in [2.75, 3.05) is 13.6 Å². The molecule has 2 spiro atoms. The molecule has 41 heavy (non-hydrogen) atoms. The Bertz CT molecular complexity index is 1560. The number of carbonyl (C=O) groups is 2.